The molecule has 0 fully saturated rings. The average Bonchev–Trinajstić information content (AvgIpc) is 2.77. The maximum atomic E-state index is 11.8. The molecule has 5 heteroatoms. The lowest BCUT2D eigenvalue weighted by Crippen LogP contribution is -2.39. The van der Waals surface area contributed by atoms with E-state index in [0.29, 0.717) is 5.56 Å². The van der Waals surface area contributed by atoms with E-state index in [1.165, 1.54) is 16.3 Å². The van der Waals surface area contributed by atoms with Gasteiger partial charge in [0.05, 0.1) is 6.04 Å². The Kier molecular flexibility index (Phi) is 6.85. The molecule has 29 heavy (non-hydrogen) atoms. The lowest BCUT2D eigenvalue weighted by molar-refractivity contribution is 0.0963. The zero-order valence-electron chi connectivity index (χ0n) is 17.2. The molecule has 5 nitrogen and oxygen atoms in total. The number of hydrogen-bond acceptors (Lipinski definition) is 2. The second-order valence-corrected chi connectivity index (χ2v) is 6.96. The fourth-order valence-corrected chi connectivity index (χ4v) is 3.44. The third-order valence-corrected chi connectivity index (χ3v) is 4.99. The van der Waals surface area contributed by atoms with Gasteiger partial charge in [0, 0.05) is 26.2 Å². The van der Waals surface area contributed by atoms with E-state index in [4.69, 9.17) is 0 Å². The van der Waals surface area contributed by atoms with Crippen LogP contribution in [0.2, 0.25) is 0 Å². The highest BCUT2D eigenvalue weighted by atomic mass is 16.1. The van der Waals surface area contributed by atoms with Crippen molar-refractivity contribution in [3.8, 4) is 0 Å². The Morgan fingerprint density at radius 2 is 1.79 bits per heavy atom. The third-order valence-electron chi connectivity index (χ3n) is 4.99. The number of guanidine groups is 1. The standard InChI is InChI=1S/C24H28N4O/c1-17(21-13-7-10-19-9-4-5-12-22(19)21)28-24(26-3)27-15-14-18-8-6-11-20(16-18)23(29)25-2/h4-13,16-17H,14-15H2,1-3H3,(H,25,29)(H2,26,27,28). The molecule has 0 radical (unpaired) electrons. The summed E-state index contributed by atoms with van der Waals surface area (Å²) < 4.78 is 0. The third kappa shape index (κ3) is 5.13. The Labute approximate surface area is 172 Å². The van der Waals surface area contributed by atoms with E-state index in [9.17, 15) is 4.79 Å². The maximum Gasteiger partial charge on any atom is 0.251 e. The molecule has 0 aliphatic heterocycles. The summed E-state index contributed by atoms with van der Waals surface area (Å²) in [5.74, 6) is 0.689. The SMILES string of the molecule is CN=C(NCCc1cccc(C(=O)NC)c1)NC(C)c1cccc2ccccc12. The number of carbonyl (C=O) groups excluding carboxylic acids is 1. The number of carbonyl (C=O) groups is 1. The minimum absolute atomic E-state index is 0.0683. The molecule has 0 saturated heterocycles. The van der Waals surface area contributed by atoms with Gasteiger partial charge in [-0.15, -0.1) is 0 Å². The van der Waals surface area contributed by atoms with Crippen LogP contribution < -0.4 is 16.0 Å². The van der Waals surface area contributed by atoms with Crippen LogP contribution in [0.1, 0.15) is 34.5 Å². The molecule has 3 aromatic rings. The molecule has 3 aromatic carbocycles. The number of amides is 1. The number of aliphatic imine (C=N–C) groups is 1. The minimum atomic E-state index is -0.0683. The summed E-state index contributed by atoms with van der Waals surface area (Å²) >= 11 is 0. The van der Waals surface area contributed by atoms with Crippen molar-refractivity contribution in [2.24, 2.45) is 4.99 Å². The van der Waals surface area contributed by atoms with Crippen LogP contribution in [-0.2, 0) is 6.42 Å². The second-order valence-electron chi connectivity index (χ2n) is 6.96. The van der Waals surface area contributed by atoms with E-state index >= 15 is 0 Å². The van der Waals surface area contributed by atoms with Gasteiger partial charge in [-0.3, -0.25) is 9.79 Å². The molecule has 0 bridgehead atoms. The zero-order valence-corrected chi connectivity index (χ0v) is 17.2. The maximum absolute atomic E-state index is 11.8. The van der Waals surface area contributed by atoms with E-state index in [1.54, 1.807) is 14.1 Å². The molecule has 0 saturated carbocycles. The van der Waals surface area contributed by atoms with Gasteiger partial charge in [0.15, 0.2) is 5.96 Å². The Morgan fingerprint density at radius 1 is 1.03 bits per heavy atom. The average molecular weight is 389 g/mol. The summed E-state index contributed by atoms with van der Waals surface area (Å²) in [5.41, 5.74) is 3.03. The van der Waals surface area contributed by atoms with Gasteiger partial charge in [-0.25, -0.2) is 0 Å². The Balaban J connectivity index is 1.60. The van der Waals surface area contributed by atoms with Crippen molar-refractivity contribution in [1.29, 1.82) is 0 Å². The van der Waals surface area contributed by atoms with E-state index in [0.717, 1.165) is 24.5 Å². The summed E-state index contributed by atoms with van der Waals surface area (Å²) in [7, 11) is 3.42. The van der Waals surface area contributed by atoms with Crippen molar-refractivity contribution in [3.63, 3.8) is 0 Å². The van der Waals surface area contributed by atoms with Crippen molar-refractivity contribution in [2.45, 2.75) is 19.4 Å². The first-order chi connectivity index (χ1) is 14.1. The monoisotopic (exact) mass is 388 g/mol. The second kappa shape index (κ2) is 9.73. The fourth-order valence-electron chi connectivity index (χ4n) is 3.44. The molecule has 0 aliphatic rings. The Bertz CT molecular complexity index is 1010. The van der Waals surface area contributed by atoms with E-state index < -0.39 is 0 Å². The number of fused-ring (bicyclic) bond motifs is 1. The molecule has 1 amide bonds. The van der Waals surface area contributed by atoms with Crippen LogP contribution in [0.5, 0.6) is 0 Å². The van der Waals surface area contributed by atoms with Gasteiger partial charge in [-0.05, 0) is 47.4 Å². The molecule has 0 aliphatic carbocycles. The number of hydrogen-bond donors (Lipinski definition) is 3. The van der Waals surface area contributed by atoms with Gasteiger partial charge < -0.3 is 16.0 Å². The van der Waals surface area contributed by atoms with Crippen LogP contribution in [0.3, 0.4) is 0 Å². The van der Waals surface area contributed by atoms with Crippen LogP contribution >= 0.6 is 0 Å². The molecular formula is C24H28N4O. The number of rotatable bonds is 6. The van der Waals surface area contributed by atoms with Crippen LogP contribution in [0.4, 0.5) is 0 Å². The first-order valence-electron chi connectivity index (χ1n) is 9.88. The first-order valence-corrected chi connectivity index (χ1v) is 9.88. The molecular weight excluding hydrogens is 360 g/mol. The molecule has 0 heterocycles. The summed E-state index contributed by atoms with van der Waals surface area (Å²) in [6.07, 6.45) is 0.800. The molecule has 0 aromatic heterocycles. The van der Waals surface area contributed by atoms with E-state index in [-0.39, 0.29) is 11.9 Å². The summed E-state index contributed by atoms with van der Waals surface area (Å²) in [6, 6.07) is 22.6. The quantitative estimate of drug-likeness (QED) is 0.446. The van der Waals surface area contributed by atoms with Gasteiger partial charge in [0.2, 0.25) is 0 Å². The van der Waals surface area contributed by atoms with Gasteiger partial charge >= 0.3 is 0 Å². The predicted octanol–water partition coefficient (Wildman–Crippen LogP) is 3.67. The molecule has 1 atom stereocenters. The van der Waals surface area contributed by atoms with Gasteiger partial charge in [-0.2, -0.15) is 0 Å². The van der Waals surface area contributed by atoms with Crippen LogP contribution in [-0.4, -0.2) is 32.5 Å². The van der Waals surface area contributed by atoms with Crippen LogP contribution in [0.15, 0.2) is 71.7 Å². The lowest BCUT2D eigenvalue weighted by atomic mass is 10.00. The highest BCUT2D eigenvalue weighted by Gasteiger charge is 2.11. The summed E-state index contributed by atoms with van der Waals surface area (Å²) in [5, 5.41) is 12.0. The highest BCUT2D eigenvalue weighted by molar-refractivity contribution is 5.94. The first kappa shape index (κ1) is 20.4. The summed E-state index contributed by atoms with van der Waals surface area (Å²) in [4.78, 5) is 16.1. The van der Waals surface area contributed by atoms with Gasteiger partial charge in [0.1, 0.15) is 0 Å². The number of nitrogens with zero attached hydrogens (tertiary/aromatic N) is 1. The number of nitrogens with one attached hydrogen (secondary N) is 3. The smallest absolute Gasteiger partial charge is 0.251 e. The van der Waals surface area contributed by atoms with Gasteiger partial charge in [-0.1, -0.05) is 54.6 Å². The fraction of sp³-hybridized carbons (Fsp3) is 0.250. The molecule has 3 N–H and O–H groups in total. The van der Waals surface area contributed by atoms with Crippen molar-refractivity contribution in [2.75, 3.05) is 20.6 Å². The van der Waals surface area contributed by atoms with Crippen molar-refractivity contribution >= 4 is 22.6 Å². The normalized spacial score (nSPS) is 12.4. The molecule has 0 spiro atoms. The van der Waals surface area contributed by atoms with Crippen molar-refractivity contribution in [1.82, 2.24) is 16.0 Å². The molecule has 1 unspecified atom stereocenters. The topological polar surface area (TPSA) is 65.5 Å². The van der Waals surface area contributed by atoms with E-state index in [2.05, 4.69) is 70.3 Å². The van der Waals surface area contributed by atoms with Crippen LogP contribution in [0.25, 0.3) is 10.8 Å². The lowest BCUT2D eigenvalue weighted by Gasteiger charge is -2.20. The van der Waals surface area contributed by atoms with Crippen molar-refractivity contribution in [3.05, 3.63) is 83.4 Å². The van der Waals surface area contributed by atoms with Crippen LogP contribution in [0, 0.1) is 0 Å². The Hall–Kier alpha value is -3.34. The highest BCUT2D eigenvalue weighted by Crippen LogP contribution is 2.23. The largest absolute Gasteiger partial charge is 0.356 e. The Morgan fingerprint density at radius 3 is 2.59 bits per heavy atom. The zero-order chi connectivity index (χ0) is 20.6. The molecule has 150 valence electrons. The minimum Gasteiger partial charge on any atom is -0.356 e. The van der Waals surface area contributed by atoms with Gasteiger partial charge in [0.25, 0.3) is 5.91 Å². The van der Waals surface area contributed by atoms with E-state index in [1.807, 2.05) is 24.3 Å². The molecule has 3 rings (SSSR count). The number of benzene rings is 3. The predicted molar refractivity (Wildman–Crippen MR) is 120 cm³/mol. The van der Waals surface area contributed by atoms with Crippen molar-refractivity contribution < 1.29 is 4.79 Å². The summed E-state index contributed by atoms with van der Waals surface area (Å²) in [6.45, 7) is 2.86.